The van der Waals surface area contributed by atoms with E-state index in [4.69, 9.17) is 23.2 Å². The fourth-order valence-corrected chi connectivity index (χ4v) is 4.06. The molecule has 1 heterocycles. The quantitative estimate of drug-likeness (QED) is 0.755. The lowest BCUT2D eigenvalue weighted by atomic mass is 10.2. The molecule has 1 N–H and O–H groups in total. The Morgan fingerprint density at radius 2 is 2.20 bits per heavy atom. The molecule has 112 valence electrons. The van der Waals surface area contributed by atoms with E-state index in [1.165, 1.54) is 19.4 Å². The minimum atomic E-state index is 0.699. The Hall–Kier alpha value is 0.0700. The predicted molar refractivity (Wildman–Crippen MR) is 90.3 cm³/mol. The average Bonchev–Trinajstić information content (AvgIpc) is 2.95. The van der Waals surface area contributed by atoms with Crippen LogP contribution in [0.15, 0.2) is 23.1 Å². The Bertz CT molecular complexity index is 422. The minimum absolute atomic E-state index is 0.699. The highest BCUT2D eigenvalue weighted by atomic mass is 35.5. The molecular formula is C15H22Cl2N2S. The average molecular weight is 333 g/mol. The molecule has 2 nitrogen and oxygen atoms in total. The van der Waals surface area contributed by atoms with Crippen molar-refractivity contribution in [3.05, 3.63) is 28.2 Å². The van der Waals surface area contributed by atoms with Gasteiger partial charge in [-0.3, -0.25) is 4.90 Å². The van der Waals surface area contributed by atoms with Crippen LogP contribution in [0, 0.1) is 0 Å². The van der Waals surface area contributed by atoms with Crippen molar-refractivity contribution >= 4 is 35.0 Å². The number of hydrogen-bond acceptors (Lipinski definition) is 3. The van der Waals surface area contributed by atoms with Gasteiger partial charge in [0.15, 0.2) is 0 Å². The van der Waals surface area contributed by atoms with Gasteiger partial charge in [-0.05, 0) is 44.1 Å². The summed E-state index contributed by atoms with van der Waals surface area (Å²) in [4.78, 5) is 3.69. The van der Waals surface area contributed by atoms with E-state index in [2.05, 4.69) is 17.1 Å². The third-order valence-corrected chi connectivity index (χ3v) is 5.30. The topological polar surface area (TPSA) is 15.3 Å². The lowest BCUT2D eigenvalue weighted by Gasteiger charge is -2.27. The minimum Gasteiger partial charge on any atom is -0.315 e. The highest BCUT2D eigenvalue weighted by molar-refractivity contribution is 7.99. The number of rotatable bonds is 7. The van der Waals surface area contributed by atoms with Crippen LogP contribution in [0.2, 0.25) is 10.0 Å². The Morgan fingerprint density at radius 1 is 1.35 bits per heavy atom. The molecule has 20 heavy (non-hydrogen) atoms. The first kappa shape index (κ1) is 16.4. The van der Waals surface area contributed by atoms with Crippen LogP contribution < -0.4 is 5.32 Å². The molecule has 1 saturated heterocycles. The van der Waals surface area contributed by atoms with Crippen LogP contribution in [0.5, 0.6) is 0 Å². The van der Waals surface area contributed by atoms with Gasteiger partial charge in [0.25, 0.3) is 0 Å². The molecule has 1 aliphatic rings. The SMILES string of the molecule is CCCN(CCSc1cc(Cl)ccc1Cl)C1CCNC1. The van der Waals surface area contributed by atoms with E-state index in [-0.39, 0.29) is 0 Å². The lowest BCUT2D eigenvalue weighted by Crippen LogP contribution is -2.38. The number of nitrogens with zero attached hydrogens (tertiary/aromatic N) is 1. The monoisotopic (exact) mass is 332 g/mol. The van der Waals surface area contributed by atoms with Crippen molar-refractivity contribution in [3.8, 4) is 0 Å². The first-order valence-electron chi connectivity index (χ1n) is 7.23. The van der Waals surface area contributed by atoms with Crippen molar-refractivity contribution in [2.24, 2.45) is 0 Å². The van der Waals surface area contributed by atoms with Crippen molar-refractivity contribution in [2.45, 2.75) is 30.7 Å². The predicted octanol–water partition coefficient (Wildman–Crippen LogP) is 4.16. The van der Waals surface area contributed by atoms with Gasteiger partial charge in [-0.2, -0.15) is 0 Å². The van der Waals surface area contributed by atoms with Gasteiger partial charge in [0.05, 0.1) is 5.02 Å². The molecule has 0 aromatic heterocycles. The van der Waals surface area contributed by atoms with Crippen LogP contribution in [-0.4, -0.2) is 42.9 Å². The highest BCUT2D eigenvalue weighted by Crippen LogP contribution is 2.30. The third-order valence-electron chi connectivity index (χ3n) is 3.59. The summed E-state index contributed by atoms with van der Waals surface area (Å²) in [6.07, 6.45) is 2.47. The highest BCUT2D eigenvalue weighted by Gasteiger charge is 2.21. The second-order valence-corrected chi connectivity index (χ2v) is 7.09. The standard InChI is InChI=1S/C15H22Cl2N2S/c1-2-7-19(13-5-6-18-11-13)8-9-20-15-10-12(16)3-4-14(15)17/h3-4,10,13,18H,2,5-9,11H2,1H3. The van der Waals surface area contributed by atoms with Gasteiger partial charge in [0, 0.05) is 34.8 Å². The van der Waals surface area contributed by atoms with E-state index >= 15 is 0 Å². The summed E-state index contributed by atoms with van der Waals surface area (Å²) < 4.78 is 0. The number of halogens is 2. The smallest absolute Gasteiger partial charge is 0.0542 e. The Kier molecular flexibility index (Phi) is 6.99. The number of hydrogen-bond donors (Lipinski definition) is 1. The van der Waals surface area contributed by atoms with E-state index in [1.807, 2.05) is 18.2 Å². The maximum atomic E-state index is 6.20. The van der Waals surface area contributed by atoms with Gasteiger partial charge in [-0.25, -0.2) is 0 Å². The normalized spacial score (nSPS) is 18.9. The summed E-state index contributed by atoms with van der Waals surface area (Å²) in [5.74, 6) is 1.05. The lowest BCUT2D eigenvalue weighted by molar-refractivity contribution is 0.221. The molecule has 0 spiro atoms. The molecule has 0 saturated carbocycles. The molecule has 0 aliphatic carbocycles. The largest absolute Gasteiger partial charge is 0.315 e. The summed E-state index contributed by atoms with van der Waals surface area (Å²) in [5, 5.41) is 5.00. The molecule has 5 heteroatoms. The zero-order valence-corrected chi connectivity index (χ0v) is 14.2. The molecule has 0 bridgehead atoms. The summed E-state index contributed by atoms with van der Waals surface area (Å²) in [6, 6.07) is 6.36. The summed E-state index contributed by atoms with van der Waals surface area (Å²) in [7, 11) is 0. The second-order valence-electron chi connectivity index (χ2n) is 5.11. The number of benzene rings is 1. The summed E-state index contributed by atoms with van der Waals surface area (Å²) in [6.45, 7) is 6.81. The molecule has 0 amide bonds. The van der Waals surface area contributed by atoms with Crippen molar-refractivity contribution in [2.75, 3.05) is 31.9 Å². The van der Waals surface area contributed by atoms with Crippen LogP contribution in [0.3, 0.4) is 0 Å². The fourth-order valence-electron chi connectivity index (χ4n) is 2.58. The first-order valence-corrected chi connectivity index (χ1v) is 8.97. The van der Waals surface area contributed by atoms with Crippen molar-refractivity contribution in [1.29, 1.82) is 0 Å². The molecule has 0 radical (unpaired) electrons. The van der Waals surface area contributed by atoms with Crippen LogP contribution in [-0.2, 0) is 0 Å². The van der Waals surface area contributed by atoms with Crippen LogP contribution in [0.1, 0.15) is 19.8 Å². The Balaban J connectivity index is 1.84. The van der Waals surface area contributed by atoms with Crippen molar-refractivity contribution in [1.82, 2.24) is 10.2 Å². The van der Waals surface area contributed by atoms with Gasteiger partial charge in [0.2, 0.25) is 0 Å². The van der Waals surface area contributed by atoms with E-state index in [0.717, 1.165) is 40.3 Å². The van der Waals surface area contributed by atoms with Crippen LogP contribution in [0.25, 0.3) is 0 Å². The van der Waals surface area contributed by atoms with Crippen molar-refractivity contribution in [3.63, 3.8) is 0 Å². The van der Waals surface area contributed by atoms with Gasteiger partial charge >= 0.3 is 0 Å². The molecule has 1 aromatic rings. The molecule has 1 aliphatic heterocycles. The summed E-state index contributed by atoms with van der Waals surface area (Å²) in [5.41, 5.74) is 0. The Labute approximate surface area is 136 Å². The van der Waals surface area contributed by atoms with E-state index in [0.29, 0.717) is 6.04 Å². The third kappa shape index (κ3) is 4.81. The van der Waals surface area contributed by atoms with E-state index in [1.54, 1.807) is 11.8 Å². The van der Waals surface area contributed by atoms with Crippen LogP contribution >= 0.6 is 35.0 Å². The van der Waals surface area contributed by atoms with Gasteiger partial charge in [-0.15, -0.1) is 11.8 Å². The summed E-state index contributed by atoms with van der Waals surface area (Å²) >= 11 is 14.0. The maximum Gasteiger partial charge on any atom is 0.0542 e. The van der Waals surface area contributed by atoms with Crippen molar-refractivity contribution < 1.29 is 0 Å². The molecule has 1 unspecified atom stereocenters. The zero-order valence-electron chi connectivity index (χ0n) is 11.9. The first-order chi connectivity index (χ1) is 9.70. The van der Waals surface area contributed by atoms with Gasteiger partial charge in [0.1, 0.15) is 0 Å². The number of thioether (sulfide) groups is 1. The van der Waals surface area contributed by atoms with Crippen LogP contribution in [0.4, 0.5) is 0 Å². The van der Waals surface area contributed by atoms with E-state index < -0.39 is 0 Å². The Morgan fingerprint density at radius 3 is 2.90 bits per heavy atom. The zero-order chi connectivity index (χ0) is 14.4. The maximum absolute atomic E-state index is 6.20. The fraction of sp³-hybridized carbons (Fsp3) is 0.600. The van der Waals surface area contributed by atoms with Gasteiger partial charge in [-0.1, -0.05) is 30.1 Å². The molecular weight excluding hydrogens is 311 g/mol. The van der Waals surface area contributed by atoms with Gasteiger partial charge < -0.3 is 5.32 Å². The molecule has 1 atom stereocenters. The second kappa shape index (κ2) is 8.50. The molecule has 1 aromatic carbocycles. The number of nitrogens with one attached hydrogen (secondary N) is 1. The molecule has 2 rings (SSSR count). The molecule has 1 fully saturated rings. The van der Waals surface area contributed by atoms with E-state index in [9.17, 15) is 0 Å².